The first-order valence-corrected chi connectivity index (χ1v) is 8.06. The molecule has 0 atom stereocenters. The van der Waals surface area contributed by atoms with E-state index < -0.39 is 0 Å². The summed E-state index contributed by atoms with van der Waals surface area (Å²) in [5, 5.41) is 2.54. The van der Waals surface area contributed by atoms with Gasteiger partial charge in [0, 0.05) is 42.8 Å². The Bertz CT molecular complexity index is 646. The first-order valence-electron chi connectivity index (χ1n) is 7.18. The van der Waals surface area contributed by atoms with E-state index in [0.29, 0.717) is 5.69 Å². The molecule has 1 saturated heterocycles. The second-order valence-corrected chi connectivity index (χ2v) is 6.21. The molecule has 0 aliphatic carbocycles. The number of nitrogens with zero attached hydrogens (tertiary/aromatic N) is 3. The van der Waals surface area contributed by atoms with Crippen molar-refractivity contribution < 1.29 is 4.79 Å². The van der Waals surface area contributed by atoms with Gasteiger partial charge in [-0.1, -0.05) is 0 Å². The molecule has 7 heteroatoms. The topological polar surface area (TPSA) is 74.5 Å². The van der Waals surface area contributed by atoms with Gasteiger partial charge in [-0.25, -0.2) is 10.8 Å². The lowest BCUT2D eigenvalue weighted by Gasteiger charge is -2.34. The van der Waals surface area contributed by atoms with Crippen LogP contribution in [0, 0.1) is 0 Å². The molecule has 1 aliphatic rings. The number of anilines is 1. The highest BCUT2D eigenvalue weighted by molar-refractivity contribution is 7.13. The highest BCUT2D eigenvalue weighted by atomic mass is 32.1. The Morgan fingerprint density at radius 2 is 1.91 bits per heavy atom. The Kier molecular flexibility index (Phi) is 4.37. The van der Waals surface area contributed by atoms with Crippen molar-refractivity contribution in [2.45, 2.75) is 0 Å². The van der Waals surface area contributed by atoms with E-state index in [0.717, 1.165) is 36.8 Å². The Labute approximate surface area is 133 Å². The molecular formula is C15H19N5OS. The van der Waals surface area contributed by atoms with Crippen LogP contribution in [-0.2, 0) is 0 Å². The molecule has 2 aromatic rings. The van der Waals surface area contributed by atoms with Gasteiger partial charge in [-0.15, -0.1) is 11.3 Å². The number of hydrogen-bond donors (Lipinski definition) is 2. The van der Waals surface area contributed by atoms with Crippen molar-refractivity contribution in [1.29, 1.82) is 0 Å². The van der Waals surface area contributed by atoms with Gasteiger partial charge in [-0.2, -0.15) is 0 Å². The van der Waals surface area contributed by atoms with Crippen LogP contribution in [0.3, 0.4) is 0 Å². The summed E-state index contributed by atoms with van der Waals surface area (Å²) < 4.78 is 0. The number of carbonyl (C=O) groups is 1. The zero-order valence-corrected chi connectivity index (χ0v) is 13.3. The molecule has 0 radical (unpaired) electrons. The number of nitrogen functional groups attached to an aromatic ring is 1. The van der Waals surface area contributed by atoms with E-state index in [1.807, 2.05) is 0 Å². The van der Waals surface area contributed by atoms with Crippen LogP contribution in [0.5, 0.6) is 0 Å². The van der Waals surface area contributed by atoms with E-state index in [2.05, 4.69) is 51.5 Å². The molecule has 1 fully saturated rings. The number of hydrogen-bond acceptors (Lipinski definition) is 6. The zero-order chi connectivity index (χ0) is 15.5. The maximum absolute atomic E-state index is 11.4. The predicted molar refractivity (Wildman–Crippen MR) is 88.9 cm³/mol. The molecule has 116 valence electrons. The third-order valence-corrected chi connectivity index (χ3v) is 4.74. The van der Waals surface area contributed by atoms with E-state index in [1.165, 1.54) is 17.0 Å². The number of amides is 1. The molecule has 0 saturated carbocycles. The van der Waals surface area contributed by atoms with Gasteiger partial charge in [-0.3, -0.25) is 10.2 Å². The van der Waals surface area contributed by atoms with Crippen molar-refractivity contribution in [2.75, 3.05) is 38.1 Å². The summed E-state index contributed by atoms with van der Waals surface area (Å²) in [6.45, 7) is 4.28. The number of thiazole rings is 1. The van der Waals surface area contributed by atoms with Crippen molar-refractivity contribution in [3.05, 3.63) is 35.3 Å². The molecule has 0 unspecified atom stereocenters. The smallest absolute Gasteiger partial charge is 0.284 e. The summed E-state index contributed by atoms with van der Waals surface area (Å²) >= 11 is 1.44. The van der Waals surface area contributed by atoms with Crippen molar-refractivity contribution in [1.82, 2.24) is 15.3 Å². The van der Waals surface area contributed by atoms with Crippen LogP contribution in [0.25, 0.3) is 10.6 Å². The molecule has 3 N–H and O–H groups in total. The number of benzene rings is 1. The largest absolute Gasteiger partial charge is 0.369 e. The van der Waals surface area contributed by atoms with Crippen molar-refractivity contribution in [2.24, 2.45) is 5.84 Å². The number of carbonyl (C=O) groups excluding carboxylic acids is 1. The van der Waals surface area contributed by atoms with Crippen LogP contribution in [0.4, 0.5) is 5.69 Å². The highest BCUT2D eigenvalue weighted by Gasteiger charge is 2.15. The lowest BCUT2D eigenvalue weighted by Crippen LogP contribution is -2.44. The van der Waals surface area contributed by atoms with Gasteiger partial charge in [0.25, 0.3) is 5.91 Å². The van der Waals surface area contributed by atoms with E-state index in [1.54, 1.807) is 5.38 Å². The van der Waals surface area contributed by atoms with E-state index >= 15 is 0 Å². The van der Waals surface area contributed by atoms with Gasteiger partial charge < -0.3 is 9.80 Å². The first kappa shape index (κ1) is 15.0. The number of nitrogens with two attached hydrogens (primary N) is 1. The van der Waals surface area contributed by atoms with Gasteiger partial charge in [-0.05, 0) is 31.3 Å². The van der Waals surface area contributed by atoms with Crippen LogP contribution in [0.1, 0.15) is 10.5 Å². The van der Waals surface area contributed by atoms with Crippen LogP contribution in [-0.4, -0.2) is 49.0 Å². The predicted octanol–water partition coefficient (Wildman–Crippen LogP) is 1.17. The maximum Gasteiger partial charge on any atom is 0.284 e. The lowest BCUT2D eigenvalue weighted by molar-refractivity contribution is 0.0949. The van der Waals surface area contributed by atoms with Gasteiger partial charge in [0.05, 0.1) is 0 Å². The van der Waals surface area contributed by atoms with Crippen LogP contribution in [0.15, 0.2) is 29.6 Å². The number of piperazine rings is 1. The van der Waals surface area contributed by atoms with Crippen LogP contribution in [0.2, 0.25) is 0 Å². The molecule has 1 amide bonds. The SMILES string of the molecule is CN1CCN(c2ccc(-c3nc(C(=O)NN)cs3)cc2)CC1. The third kappa shape index (κ3) is 3.11. The maximum atomic E-state index is 11.4. The summed E-state index contributed by atoms with van der Waals surface area (Å²) in [4.78, 5) is 20.5. The van der Waals surface area contributed by atoms with Crippen molar-refractivity contribution in [3.8, 4) is 10.6 Å². The summed E-state index contributed by atoms with van der Waals surface area (Å²) in [5.74, 6) is 4.76. The number of nitrogens with one attached hydrogen (secondary N) is 1. The highest BCUT2D eigenvalue weighted by Crippen LogP contribution is 2.26. The molecule has 3 rings (SSSR count). The number of hydrazine groups is 1. The Hall–Kier alpha value is -1.96. The summed E-state index contributed by atoms with van der Waals surface area (Å²) in [7, 11) is 2.15. The molecule has 0 bridgehead atoms. The molecule has 1 aliphatic heterocycles. The first-order chi connectivity index (χ1) is 10.7. The average Bonchev–Trinajstić information content (AvgIpc) is 3.05. The number of aromatic nitrogens is 1. The molecule has 1 aromatic heterocycles. The Balaban J connectivity index is 1.74. The molecule has 2 heterocycles. The molecular weight excluding hydrogens is 298 g/mol. The fourth-order valence-electron chi connectivity index (χ4n) is 2.46. The van der Waals surface area contributed by atoms with Crippen LogP contribution >= 0.6 is 11.3 Å². The van der Waals surface area contributed by atoms with E-state index in [-0.39, 0.29) is 5.91 Å². The standard InChI is InChI=1S/C15H19N5OS/c1-19-6-8-20(9-7-19)12-4-2-11(3-5-12)15-17-13(10-22-15)14(21)18-16/h2-5,10H,6-9,16H2,1H3,(H,18,21). The third-order valence-electron chi connectivity index (χ3n) is 3.85. The summed E-state index contributed by atoms with van der Waals surface area (Å²) in [5.41, 5.74) is 4.69. The monoisotopic (exact) mass is 317 g/mol. The minimum absolute atomic E-state index is 0.352. The fraction of sp³-hybridized carbons (Fsp3) is 0.333. The summed E-state index contributed by atoms with van der Waals surface area (Å²) in [6.07, 6.45) is 0. The average molecular weight is 317 g/mol. The quantitative estimate of drug-likeness (QED) is 0.505. The van der Waals surface area contributed by atoms with Gasteiger partial charge in [0.1, 0.15) is 10.7 Å². The van der Waals surface area contributed by atoms with Gasteiger partial charge >= 0.3 is 0 Å². The Morgan fingerprint density at radius 1 is 1.23 bits per heavy atom. The van der Waals surface area contributed by atoms with Crippen molar-refractivity contribution >= 4 is 22.9 Å². The van der Waals surface area contributed by atoms with Crippen LogP contribution < -0.4 is 16.2 Å². The number of likely N-dealkylation sites (N-methyl/N-ethyl adjacent to an activating group) is 1. The normalized spacial score (nSPS) is 15.8. The summed E-state index contributed by atoms with van der Waals surface area (Å²) in [6, 6.07) is 8.34. The zero-order valence-electron chi connectivity index (χ0n) is 12.5. The van der Waals surface area contributed by atoms with E-state index in [4.69, 9.17) is 5.84 Å². The van der Waals surface area contributed by atoms with E-state index in [9.17, 15) is 4.79 Å². The molecule has 1 aromatic carbocycles. The van der Waals surface area contributed by atoms with Gasteiger partial charge in [0.2, 0.25) is 0 Å². The van der Waals surface area contributed by atoms with Crippen molar-refractivity contribution in [3.63, 3.8) is 0 Å². The van der Waals surface area contributed by atoms with Gasteiger partial charge in [0.15, 0.2) is 0 Å². The number of rotatable bonds is 3. The molecule has 22 heavy (non-hydrogen) atoms. The fourth-order valence-corrected chi connectivity index (χ4v) is 3.27. The molecule has 0 spiro atoms. The second-order valence-electron chi connectivity index (χ2n) is 5.35. The molecule has 6 nitrogen and oxygen atoms in total. The second kappa shape index (κ2) is 6.43. The lowest BCUT2D eigenvalue weighted by atomic mass is 10.2. The minimum Gasteiger partial charge on any atom is -0.369 e. The Morgan fingerprint density at radius 3 is 2.55 bits per heavy atom. The minimum atomic E-state index is -0.364.